The van der Waals surface area contributed by atoms with Gasteiger partial charge in [0.05, 0.1) is 6.61 Å². The predicted octanol–water partition coefficient (Wildman–Crippen LogP) is 1.03. The molecule has 1 fully saturated rings. The standard InChI is InChI=1S/C12H21NO4/c1-9(2)8-17-7-6-13-10(14)12(11(15)16)4-3-5-12/h9H,3-8H2,1-2H3,(H,13,14)(H,15,16). The van der Waals surface area contributed by atoms with Crippen LogP contribution in [-0.2, 0) is 14.3 Å². The van der Waals surface area contributed by atoms with E-state index in [2.05, 4.69) is 5.32 Å². The first-order valence-corrected chi connectivity index (χ1v) is 6.08. The summed E-state index contributed by atoms with van der Waals surface area (Å²) in [6.07, 6.45) is 1.70. The topological polar surface area (TPSA) is 75.6 Å². The van der Waals surface area contributed by atoms with E-state index in [4.69, 9.17) is 9.84 Å². The lowest BCUT2D eigenvalue weighted by atomic mass is 9.68. The van der Waals surface area contributed by atoms with E-state index in [1.807, 2.05) is 13.8 Å². The van der Waals surface area contributed by atoms with E-state index in [0.717, 1.165) is 6.42 Å². The van der Waals surface area contributed by atoms with Crippen molar-refractivity contribution in [1.29, 1.82) is 0 Å². The second-order valence-electron chi connectivity index (χ2n) is 4.97. The lowest BCUT2D eigenvalue weighted by molar-refractivity contribution is -0.162. The Morgan fingerprint density at radius 3 is 2.47 bits per heavy atom. The highest BCUT2D eigenvalue weighted by Crippen LogP contribution is 2.41. The molecule has 0 unspecified atom stereocenters. The number of amides is 1. The number of hydrogen-bond donors (Lipinski definition) is 2. The number of hydrogen-bond acceptors (Lipinski definition) is 3. The van der Waals surface area contributed by atoms with Crippen molar-refractivity contribution in [3.63, 3.8) is 0 Å². The molecule has 0 radical (unpaired) electrons. The van der Waals surface area contributed by atoms with E-state index in [1.165, 1.54) is 0 Å². The second kappa shape index (κ2) is 6.00. The minimum Gasteiger partial charge on any atom is -0.480 e. The Kier molecular flexibility index (Phi) is 4.93. The molecule has 0 aromatic carbocycles. The molecular weight excluding hydrogens is 222 g/mol. The number of nitrogens with one attached hydrogen (secondary N) is 1. The van der Waals surface area contributed by atoms with Gasteiger partial charge in [0.25, 0.3) is 0 Å². The third kappa shape index (κ3) is 3.43. The predicted molar refractivity (Wildman–Crippen MR) is 62.6 cm³/mol. The number of carbonyl (C=O) groups is 2. The van der Waals surface area contributed by atoms with Crippen molar-refractivity contribution in [3.8, 4) is 0 Å². The molecule has 1 aliphatic carbocycles. The first-order valence-electron chi connectivity index (χ1n) is 6.08. The summed E-state index contributed by atoms with van der Waals surface area (Å²) in [5.74, 6) is -0.920. The average molecular weight is 243 g/mol. The number of carbonyl (C=O) groups excluding carboxylic acids is 1. The van der Waals surface area contributed by atoms with Crippen LogP contribution < -0.4 is 5.32 Å². The van der Waals surface area contributed by atoms with Gasteiger partial charge in [0.15, 0.2) is 0 Å². The zero-order valence-electron chi connectivity index (χ0n) is 10.5. The van der Waals surface area contributed by atoms with Gasteiger partial charge in [0, 0.05) is 13.2 Å². The fourth-order valence-corrected chi connectivity index (χ4v) is 1.79. The van der Waals surface area contributed by atoms with Gasteiger partial charge in [-0.25, -0.2) is 0 Å². The van der Waals surface area contributed by atoms with Crippen molar-refractivity contribution < 1.29 is 19.4 Å². The maximum Gasteiger partial charge on any atom is 0.319 e. The molecule has 0 aliphatic heterocycles. The van der Waals surface area contributed by atoms with E-state index >= 15 is 0 Å². The average Bonchev–Trinajstić information content (AvgIpc) is 2.14. The molecule has 5 heteroatoms. The van der Waals surface area contributed by atoms with Crippen molar-refractivity contribution in [2.45, 2.75) is 33.1 Å². The molecule has 0 heterocycles. The van der Waals surface area contributed by atoms with E-state index < -0.39 is 11.4 Å². The van der Waals surface area contributed by atoms with Gasteiger partial charge >= 0.3 is 5.97 Å². The van der Waals surface area contributed by atoms with Crippen LogP contribution in [-0.4, -0.2) is 36.7 Å². The Labute approximate surface area is 102 Å². The van der Waals surface area contributed by atoms with Gasteiger partial charge in [-0.3, -0.25) is 9.59 Å². The molecule has 0 bridgehead atoms. The van der Waals surface area contributed by atoms with Crippen molar-refractivity contribution >= 4 is 11.9 Å². The third-order valence-corrected chi connectivity index (χ3v) is 3.03. The fourth-order valence-electron chi connectivity index (χ4n) is 1.79. The normalized spacial score (nSPS) is 17.6. The Morgan fingerprint density at radius 2 is 2.06 bits per heavy atom. The van der Waals surface area contributed by atoms with Gasteiger partial charge in [0.1, 0.15) is 5.41 Å². The van der Waals surface area contributed by atoms with E-state index in [1.54, 1.807) is 0 Å². The van der Waals surface area contributed by atoms with E-state index in [0.29, 0.717) is 38.5 Å². The largest absolute Gasteiger partial charge is 0.480 e. The number of carboxylic acid groups (broad SMARTS) is 1. The van der Waals surface area contributed by atoms with Gasteiger partial charge in [-0.05, 0) is 18.8 Å². The summed E-state index contributed by atoms with van der Waals surface area (Å²) in [4.78, 5) is 22.8. The summed E-state index contributed by atoms with van der Waals surface area (Å²) in [5.41, 5.74) is -1.17. The quantitative estimate of drug-likeness (QED) is 0.517. The van der Waals surface area contributed by atoms with Gasteiger partial charge in [-0.15, -0.1) is 0 Å². The molecule has 0 aromatic rings. The molecule has 1 aliphatic rings. The molecule has 0 spiro atoms. The third-order valence-electron chi connectivity index (χ3n) is 3.03. The molecule has 1 rings (SSSR count). The van der Waals surface area contributed by atoms with E-state index in [-0.39, 0.29) is 5.91 Å². The fraction of sp³-hybridized carbons (Fsp3) is 0.833. The highest BCUT2D eigenvalue weighted by molar-refractivity contribution is 6.02. The Balaban J connectivity index is 2.23. The Morgan fingerprint density at radius 1 is 1.41 bits per heavy atom. The summed E-state index contributed by atoms with van der Waals surface area (Å²) < 4.78 is 5.31. The van der Waals surface area contributed by atoms with Crippen LogP contribution in [0.1, 0.15) is 33.1 Å². The molecule has 0 aromatic heterocycles. The van der Waals surface area contributed by atoms with Crippen molar-refractivity contribution in [3.05, 3.63) is 0 Å². The van der Waals surface area contributed by atoms with Crippen molar-refractivity contribution in [1.82, 2.24) is 5.32 Å². The minimum absolute atomic E-state index is 0.371. The molecule has 98 valence electrons. The summed E-state index contributed by atoms with van der Waals surface area (Å²) in [5, 5.41) is 11.7. The summed E-state index contributed by atoms with van der Waals surface area (Å²) in [6, 6.07) is 0. The molecule has 2 N–H and O–H groups in total. The van der Waals surface area contributed by atoms with Crippen LogP contribution >= 0.6 is 0 Å². The van der Waals surface area contributed by atoms with Crippen molar-refractivity contribution in [2.75, 3.05) is 19.8 Å². The molecule has 0 saturated heterocycles. The smallest absolute Gasteiger partial charge is 0.319 e. The summed E-state index contributed by atoms with van der Waals surface area (Å²) >= 11 is 0. The lowest BCUT2D eigenvalue weighted by Crippen LogP contribution is -2.51. The Hall–Kier alpha value is -1.10. The number of carboxylic acids is 1. The Bertz CT molecular complexity index is 284. The highest BCUT2D eigenvalue weighted by atomic mass is 16.5. The zero-order chi connectivity index (χ0) is 12.9. The van der Waals surface area contributed by atoms with Crippen LogP contribution in [0.3, 0.4) is 0 Å². The second-order valence-corrected chi connectivity index (χ2v) is 4.97. The van der Waals surface area contributed by atoms with Crippen LogP contribution in [0.25, 0.3) is 0 Å². The maximum atomic E-state index is 11.7. The van der Waals surface area contributed by atoms with Crippen LogP contribution in [0.2, 0.25) is 0 Å². The monoisotopic (exact) mass is 243 g/mol. The first kappa shape index (κ1) is 14.0. The molecular formula is C12H21NO4. The number of ether oxygens (including phenoxy) is 1. The molecule has 5 nitrogen and oxygen atoms in total. The molecule has 1 saturated carbocycles. The molecule has 17 heavy (non-hydrogen) atoms. The minimum atomic E-state index is -1.17. The first-order chi connectivity index (χ1) is 7.99. The van der Waals surface area contributed by atoms with Gasteiger partial charge < -0.3 is 15.2 Å². The van der Waals surface area contributed by atoms with Crippen molar-refractivity contribution in [2.24, 2.45) is 11.3 Å². The molecule has 0 atom stereocenters. The summed E-state index contributed by atoms with van der Waals surface area (Å²) in [7, 11) is 0. The summed E-state index contributed by atoms with van der Waals surface area (Å²) in [6.45, 7) is 5.55. The van der Waals surface area contributed by atoms with Crippen LogP contribution in [0, 0.1) is 11.3 Å². The van der Waals surface area contributed by atoms with Gasteiger partial charge in [-0.1, -0.05) is 20.3 Å². The number of aliphatic carboxylic acids is 1. The maximum absolute atomic E-state index is 11.7. The van der Waals surface area contributed by atoms with Crippen LogP contribution in [0.15, 0.2) is 0 Å². The van der Waals surface area contributed by atoms with Crippen LogP contribution in [0.5, 0.6) is 0 Å². The zero-order valence-corrected chi connectivity index (χ0v) is 10.5. The highest BCUT2D eigenvalue weighted by Gasteiger charge is 2.50. The lowest BCUT2D eigenvalue weighted by Gasteiger charge is -2.35. The molecule has 1 amide bonds. The number of rotatable bonds is 7. The van der Waals surface area contributed by atoms with Gasteiger partial charge in [-0.2, -0.15) is 0 Å². The van der Waals surface area contributed by atoms with Crippen LogP contribution in [0.4, 0.5) is 0 Å². The SMILES string of the molecule is CC(C)COCCNC(=O)C1(C(=O)O)CCC1. The van der Waals surface area contributed by atoms with Gasteiger partial charge in [0.2, 0.25) is 5.91 Å². The van der Waals surface area contributed by atoms with E-state index in [9.17, 15) is 9.59 Å².